The molecule has 2 aliphatic rings. The molecule has 0 spiro atoms. The summed E-state index contributed by atoms with van der Waals surface area (Å²) in [6.07, 6.45) is 1.44. The average Bonchev–Trinajstić information content (AvgIpc) is 2.89. The number of carbonyl (C=O) groups is 1. The SMILES string of the molecule is O=C1NCN([C@@H]2c3ccccc3CSc3cccc(F)c32)n2ccc(=O)c(O)c21. The first kappa shape index (κ1) is 17.8. The molecule has 2 N–H and O–H groups in total. The Labute approximate surface area is 169 Å². The fraction of sp³-hybridized carbons (Fsp3) is 0.143. The molecule has 0 bridgehead atoms. The Morgan fingerprint density at radius 1 is 1.10 bits per heavy atom. The lowest BCUT2D eigenvalue weighted by Gasteiger charge is -2.40. The zero-order chi connectivity index (χ0) is 20.1. The Morgan fingerprint density at radius 3 is 2.79 bits per heavy atom. The number of thioether (sulfide) groups is 1. The molecule has 5 rings (SSSR count). The van der Waals surface area contributed by atoms with Crippen molar-refractivity contribution in [2.45, 2.75) is 16.7 Å². The Hall–Kier alpha value is -3.26. The van der Waals surface area contributed by atoms with Crippen molar-refractivity contribution in [3.63, 3.8) is 0 Å². The number of hydrogen-bond donors (Lipinski definition) is 2. The van der Waals surface area contributed by atoms with Crippen LogP contribution in [0.4, 0.5) is 4.39 Å². The Kier molecular flexibility index (Phi) is 4.09. The lowest BCUT2D eigenvalue weighted by molar-refractivity contribution is 0.0915. The van der Waals surface area contributed by atoms with Crippen LogP contribution in [0.1, 0.15) is 33.2 Å². The molecule has 2 aromatic carbocycles. The number of halogens is 1. The second kappa shape index (κ2) is 6.66. The van der Waals surface area contributed by atoms with Crippen molar-refractivity contribution in [1.29, 1.82) is 0 Å². The summed E-state index contributed by atoms with van der Waals surface area (Å²) < 4.78 is 16.6. The van der Waals surface area contributed by atoms with Gasteiger partial charge in [-0.2, -0.15) is 0 Å². The van der Waals surface area contributed by atoms with Crippen LogP contribution in [0.25, 0.3) is 0 Å². The van der Waals surface area contributed by atoms with Crippen LogP contribution in [-0.2, 0) is 5.75 Å². The van der Waals surface area contributed by atoms with Gasteiger partial charge in [0.15, 0.2) is 11.4 Å². The summed E-state index contributed by atoms with van der Waals surface area (Å²) in [5.74, 6) is -0.840. The van der Waals surface area contributed by atoms with Gasteiger partial charge in [-0.25, -0.2) is 4.39 Å². The van der Waals surface area contributed by atoms with Crippen LogP contribution >= 0.6 is 11.8 Å². The van der Waals surface area contributed by atoms with Gasteiger partial charge in [-0.3, -0.25) is 19.3 Å². The van der Waals surface area contributed by atoms with Crippen LogP contribution in [0.5, 0.6) is 5.75 Å². The normalized spacial score (nSPS) is 17.6. The molecule has 0 unspecified atom stereocenters. The summed E-state index contributed by atoms with van der Waals surface area (Å²) >= 11 is 1.56. The number of pyridine rings is 1. The Morgan fingerprint density at radius 2 is 1.93 bits per heavy atom. The third-order valence-corrected chi connectivity index (χ3v) is 6.39. The predicted molar refractivity (Wildman–Crippen MR) is 107 cm³/mol. The standard InChI is InChI=1S/C21H16FN3O3S/c22-14-6-3-7-16-17(14)18(13-5-2-1-4-12(13)10-29-16)25-11-23-21(28)19-20(27)15(26)8-9-24(19)25/h1-9,18,27H,10-11H2,(H,23,28)/t18-/m1/s1. The lowest BCUT2D eigenvalue weighted by Crippen LogP contribution is -2.53. The minimum atomic E-state index is -0.642. The van der Waals surface area contributed by atoms with E-state index in [4.69, 9.17) is 0 Å². The maximum atomic E-state index is 15.1. The lowest BCUT2D eigenvalue weighted by atomic mass is 9.94. The van der Waals surface area contributed by atoms with Gasteiger partial charge < -0.3 is 10.4 Å². The van der Waals surface area contributed by atoms with E-state index in [1.807, 2.05) is 30.3 Å². The minimum Gasteiger partial charge on any atom is -0.502 e. The van der Waals surface area contributed by atoms with E-state index >= 15 is 4.39 Å². The van der Waals surface area contributed by atoms with E-state index in [0.717, 1.165) is 16.0 Å². The fourth-order valence-corrected chi connectivity index (χ4v) is 5.05. The van der Waals surface area contributed by atoms with E-state index in [-0.39, 0.29) is 18.2 Å². The second-order valence-corrected chi connectivity index (χ2v) is 7.88. The van der Waals surface area contributed by atoms with Crippen molar-refractivity contribution < 1.29 is 14.3 Å². The molecule has 6 nitrogen and oxygen atoms in total. The summed E-state index contributed by atoms with van der Waals surface area (Å²) in [6.45, 7) is 0.0889. The molecule has 2 aliphatic heterocycles. The zero-order valence-corrected chi connectivity index (χ0v) is 15.9. The Balaban J connectivity index is 1.80. The van der Waals surface area contributed by atoms with Crippen molar-refractivity contribution in [3.05, 3.63) is 93.2 Å². The molecule has 0 fully saturated rings. The molecule has 1 amide bonds. The maximum Gasteiger partial charge on any atom is 0.275 e. The number of hydrogen-bond acceptors (Lipinski definition) is 5. The highest BCUT2D eigenvalue weighted by molar-refractivity contribution is 7.98. The van der Waals surface area contributed by atoms with Gasteiger partial charge in [-0.15, -0.1) is 11.8 Å². The van der Waals surface area contributed by atoms with Crippen LogP contribution in [0.3, 0.4) is 0 Å². The summed E-state index contributed by atoms with van der Waals surface area (Å²) in [5, 5.41) is 14.7. The molecule has 0 saturated heterocycles. The van der Waals surface area contributed by atoms with Gasteiger partial charge in [0.05, 0.1) is 0 Å². The van der Waals surface area contributed by atoms with Gasteiger partial charge in [0.2, 0.25) is 5.43 Å². The number of aromatic hydroxyl groups is 1. The molecule has 3 aromatic rings. The fourth-order valence-electron chi connectivity index (χ4n) is 3.93. The predicted octanol–water partition coefficient (Wildman–Crippen LogP) is 2.73. The molecule has 29 heavy (non-hydrogen) atoms. The zero-order valence-electron chi connectivity index (χ0n) is 15.1. The van der Waals surface area contributed by atoms with E-state index in [1.165, 1.54) is 23.0 Å². The maximum absolute atomic E-state index is 15.1. The molecule has 0 saturated carbocycles. The monoisotopic (exact) mass is 409 g/mol. The van der Waals surface area contributed by atoms with Crippen molar-refractivity contribution in [3.8, 4) is 5.75 Å². The second-order valence-electron chi connectivity index (χ2n) is 6.87. The van der Waals surface area contributed by atoms with E-state index in [0.29, 0.717) is 11.3 Å². The molecule has 8 heteroatoms. The third-order valence-electron chi connectivity index (χ3n) is 5.26. The van der Waals surface area contributed by atoms with Gasteiger partial charge in [-0.05, 0) is 23.3 Å². The first-order valence-corrected chi connectivity index (χ1v) is 10.0. The summed E-state index contributed by atoms with van der Waals surface area (Å²) in [5.41, 5.74) is 1.67. The van der Waals surface area contributed by atoms with Crippen molar-refractivity contribution in [2.24, 2.45) is 0 Å². The number of fused-ring (bicyclic) bond motifs is 3. The van der Waals surface area contributed by atoms with Gasteiger partial charge in [0.25, 0.3) is 5.91 Å². The van der Waals surface area contributed by atoms with Crippen LogP contribution in [0, 0.1) is 5.82 Å². The number of nitrogens with one attached hydrogen (secondary N) is 1. The molecular formula is C21H16FN3O3S. The first-order valence-electron chi connectivity index (χ1n) is 9.05. The number of carbonyl (C=O) groups excluding carboxylic acids is 1. The average molecular weight is 409 g/mol. The molecule has 0 aliphatic carbocycles. The highest BCUT2D eigenvalue weighted by Crippen LogP contribution is 2.43. The largest absolute Gasteiger partial charge is 0.502 e. The molecule has 3 heterocycles. The van der Waals surface area contributed by atoms with Crippen molar-refractivity contribution >= 4 is 17.7 Å². The molecular weight excluding hydrogens is 393 g/mol. The van der Waals surface area contributed by atoms with Crippen LogP contribution < -0.4 is 15.8 Å². The van der Waals surface area contributed by atoms with Crippen molar-refractivity contribution in [2.75, 3.05) is 11.7 Å². The number of aromatic nitrogens is 1. The topological polar surface area (TPSA) is 74.6 Å². The summed E-state index contributed by atoms with van der Waals surface area (Å²) in [6, 6.07) is 13.4. The van der Waals surface area contributed by atoms with Gasteiger partial charge in [-0.1, -0.05) is 30.3 Å². The van der Waals surface area contributed by atoms with Crippen molar-refractivity contribution in [1.82, 2.24) is 9.99 Å². The van der Waals surface area contributed by atoms with E-state index in [9.17, 15) is 14.7 Å². The quantitative estimate of drug-likeness (QED) is 0.647. The third kappa shape index (κ3) is 2.71. The number of benzene rings is 2. The highest BCUT2D eigenvalue weighted by atomic mass is 32.2. The van der Waals surface area contributed by atoms with E-state index in [2.05, 4.69) is 5.32 Å². The summed E-state index contributed by atoms with van der Waals surface area (Å²) in [4.78, 5) is 25.1. The van der Waals surface area contributed by atoms with Gasteiger partial charge in [0, 0.05) is 28.5 Å². The molecule has 1 atom stereocenters. The molecule has 146 valence electrons. The smallest absolute Gasteiger partial charge is 0.275 e. The van der Waals surface area contributed by atoms with Crippen LogP contribution in [0.15, 0.2) is 64.4 Å². The Bertz CT molecular complexity index is 1210. The molecule has 1 aromatic heterocycles. The van der Waals surface area contributed by atoms with Crippen LogP contribution in [-0.4, -0.2) is 22.4 Å². The molecule has 0 radical (unpaired) electrons. The van der Waals surface area contributed by atoms with E-state index in [1.54, 1.807) is 22.8 Å². The van der Waals surface area contributed by atoms with Crippen LogP contribution in [0.2, 0.25) is 0 Å². The minimum absolute atomic E-state index is 0.0889. The number of rotatable bonds is 1. The number of amides is 1. The summed E-state index contributed by atoms with van der Waals surface area (Å²) in [7, 11) is 0. The number of nitrogens with zero attached hydrogens (tertiary/aromatic N) is 2. The first-order chi connectivity index (χ1) is 14.1. The highest BCUT2D eigenvalue weighted by Gasteiger charge is 2.36. The van der Waals surface area contributed by atoms with E-state index < -0.39 is 23.1 Å². The van der Waals surface area contributed by atoms with Gasteiger partial charge in [0.1, 0.15) is 18.5 Å². The van der Waals surface area contributed by atoms with Gasteiger partial charge >= 0.3 is 0 Å².